The highest BCUT2D eigenvalue weighted by Gasteiger charge is 2.31. The molecule has 7 heteroatoms. The van der Waals surface area contributed by atoms with Crippen LogP contribution in [0.2, 0.25) is 0 Å². The van der Waals surface area contributed by atoms with Crippen molar-refractivity contribution in [2.45, 2.75) is 19.4 Å². The van der Waals surface area contributed by atoms with Gasteiger partial charge in [0.05, 0.1) is 12.2 Å². The van der Waals surface area contributed by atoms with Gasteiger partial charge < -0.3 is 19.4 Å². The van der Waals surface area contributed by atoms with E-state index in [2.05, 4.69) is 22.1 Å². The van der Waals surface area contributed by atoms with Crippen LogP contribution in [-0.2, 0) is 0 Å². The number of aromatic nitrogens is 2. The van der Waals surface area contributed by atoms with E-state index in [1.165, 1.54) is 0 Å². The lowest BCUT2D eigenvalue weighted by molar-refractivity contribution is 0.123. The Kier molecular flexibility index (Phi) is 4.42. The second-order valence-corrected chi connectivity index (χ2v) is 6.06. The first-order valence-electron chi connectivity index (χ1n) is 7.81. The number of carbonyl (C=O) groups excluding carboxylic acids is 1. The molecule has 7 nitrogen and oxygen atoms in total. The van der Waals surface area contributed by atoms with Crippen LogP contribution in [0.4, 0.5) is 4.79 Å². The van der Waals surface area contributed by atoms with E-state index in [1.54, 1.807) is 0 Å². The zero-order valence-electron chi connectivity index (χ0n) is 13.2. The molecule has 2 fully saturated rings. The van der Waals surface area contributed by atoms with E-state index in [0.717, 1.165) is 44.8 Å². The van der Waals surface area contributed by atoms with Gasteiger partial charge in [0.1, 0.15) is 6.10 Å². The summed E-state index contributed by atoms with van der Waals surface area (Å²) >= 11 is 0. The smallest absolute Gasteiger partial charge is 0.320 e. The summed E-state index contributed by atoms with van der Waals surface area (Å²) in [5.41, 5.74) is 0.866. The fourth-order valence-electron chi connectivity index (χ4n) is 2.82. The Balaban J connectivity index is 1.51. The third-order valence-electron chi connectivity index (χ3n) is 4.25. The van der Waals surface area contributed by atoms with Crippen LogP contribution >= 0.6 is 0 Å². The number of ether oxygens (including phenoxy) is 1. The Bertz CT molecular complexity index is 513. The number of hydrogen-bond donors (Lipinski definition) is 0. The van der Waals surface area contributed by atoms with Crippen LogP contribution in [0.15, 0.2) is 12.1 Å². The van der Waals surface area contributed by atoms with Crippen LogP contribution in [0.1, 0.15) is 12.1 Å². The van der Waals surface area contributed by atoms with Gasteiger partial charge in [0.25, 0.3) is 0 Å². The predicted octanol–water partition coefficient (Wildman–Crippen LogP) is 0.606. The van der Waals surface area contributed by atoms with Gasteiger partial charge in [-0.05, 0) is 20.0 Å². The average molecular weight is 305 g/mol. The number of amides is 2. The van der Waals surface area contributed by atoms with Crippen molar-refractivity contribution in [3.8, 4) is 5.88 Å². The van der Waals surface area contributed by atoms with Crippen molar-refractivity contribution in [2.24, 2.45) is 0 Å². The largest absolute Gasteiger partial charge is 0.471 e. The molecule has 0 saturated carbocycles. The molecular weight excluding hydrogens is 282 g/mol. The summed E-state index contributed by atoms with van der Waals surface area (Å²) in [7, 11) is 2.09. The number of likely N-dealkylation sites (N-methyl/N-ethyl adjacent to an activating group) is 1. The molecule has 0 radical (unpaired) electrons. The van der Waals surface area contributed by atoms with Gasteiger partial charge in [0, 0.05) is 45.2 Å². The second-order valence-electron chi connectivity index (χ2n) is 6.06. The lowest BCUT2D eigenvalue weighted by atomic mass is 10.3. The van der Waals surface area contributed by atoms with Gasteiger partial charge in [-0.15, -0.1) is 5.10 Å². The lowest BCUT2D eigenvalue weighted by Crippen LogP contribution is -2.51. The van der Waals surface area contributed by atoms with Crippen LogP contribution < -0.4 is 4.74 Å². The second kappa shape index (κ2) is 6.48. The molecule has 0 N–H and O–H groups in total. The number of hydrogen-bond acceptors (Lipinski definition) is 5. The average Bonchev–Trinajstić information content (AvgIpc) is 2.98. The Morgan fingerprint density at radius 3 is 2.59 bits per heavy atom. The van der Waals surface area contributed by atoms with E-state index < -0.39 is 0 Å². The lowest BCUT2D eigenvalue weighted by Gasteiger charge is -2.34. The summed E-state index contributed by atoms with van der Waals surface area (Å²) in [6.07, 6.45) is 0.850. The molecule has 1 aromatic heterocycles. The van der Waals surface area contributed by atoms with Crippen molar-refractivity contribution >= 4 is 6.03 Å². The van der Waals surface area contributed by atoms with Crippen molar-refractivity contribution in [3.05, 3.63) is 17.8 Å². The monoisotopic (exact) mass is 305 g/mol. The van der Waals surface area contributed by atoms with Crippen LogP contribution in [0.25, 0.3) is 0 Å². The highest BCUT2D eigenvalue weighted by atomic mass is 16.5. The molecule has 2 aliphatic rings. The van der Waals surface area contributed by atoms with Gasteiger partial charge in [-0.1, -0.05) is 0 Å². The fourth-order valence-corrected chi connectivity index (χ4v) is 2.82. The molecule has 0 unspecified atom stereocenters. The van der Waals surface area contributed by atoms with Crippen molar-refractivity contribution in [3.63, 3.8) is 0 Å². The maximum Gasteiger partial charge on any atom is 0.320 e. The molecule has 2 amide bonds. The third-order valence-corrected chi connectivity index (χ3v) is 4.25. The summed E-state index contributed by atoms with van der Waals surface area (Å²) < 4.78 is 5.82. The van der Waals surface area contributed by atoms with E-state index in [1.807, 2.05) is 28.9 Å². The van der Waals surface area contributed by atoms with E-state index >= 15 is 0 Å². The molecule has 22 heavy (non-hydrogen) atoms. The van der Waals surface area contributed by atoms with Gasteiger partial charge in [-0.25, -0.2) is 4.79 Å². The number of rotatable bonds is 2. The Morgan fingerprint density at radius 1 is 1.14 bits per heavy atom. The van der Waals surface area contributed by atoms with Crippen molar-refractivity contribution < 1.29 is 9.53 Å². The third kappa shape index (κ3) is 3.47. The minimum absolute atomic E-state index is 0.00780. The van der Waals surface area contributed by atoms with Crippen molar-refractivity contribution in [2.75, 3.05) is 46.3 Å². The molecule has 2 aliphatic heterocycles. The minimum atomic E-state index is 0.00780. The van der Waals surface area contributed by atoms with Crippen molar-refractivity contribution in [1.82, 2.24) is 24.9 Å². The quantitative estimate of drug-likeness (QED) is 0.801. The molecular formula is C15H23N5O2. The SMILES string of the molecule is Cc1ccc(O[C@@H]2CCN(C(=O)N3CCN(C)CC3)C2)nn1. The van der Waals surface area contributed by atoms with Gasteiger partial charge >= 0.3 is 6.03 Å². The van der Waals surface area contributed by atoms with Crippen LogP contribution in [-0.4, -0.2) is 83.3 Å². The number of likely N-dealkylation sites (tertiary alicyclic amines) is 1. The van der Waals surface area contributed by atoms with Crippen LogP contribution in [0.5, 0.6) is 5.88 Å². The first-order chi connectivity index (χ1) is 10.6. The zero-order valence-corrected chi connectivity index (χ0v) is 13.2. The summed E-state index contributed by atoms with van der Waals surface area (Å²) in [5.74, 6) is 0.532. The summed E-state index contributed by atoms with van der Waals surface area (Å²) in [4.78, 5) is 18.6. The highest BCUT2D eigenvalue weighted by Crippen LogP contribution is 2.18. The zero-order chi connectivity index (χ0) is 15.5. The number of piperazine rings is 1. The van der Waals surface area contributed by atoms with Gasteiger partial charge in [-0.2, -0.15) is 5.10 Å². The van der Waals surface area contributed by atoms with Gasteiger partial charge in [0.2, 0.25) is 5.88 Å². The topological polar surface area (TPSA) is 61.8 Å². The summed E-state index contributed by atoms with van der Waals surface area (Å²) in [5, 5.41) is 8.01. The first kappa shape index (κ1) is 15.0. The maximum atomic E-state index is 12.5. The molecule has 0 aromatic carbocycles. The maximum absolute atomic E-state index is 12.5. The molecule has 0 bridgehead atoms. The molecule has 0 aliphatic carbocycles. The molecule has 3 heterocycles. The number of urea groups is 1. The summed E-state index contributed by atoms with van der Waals surface area (Å²) in [6, 6.07) is 3.84. The van der Waals surface area contributed by atoms with Crippen molar-refractivity contribution in [1.29, 1.82) is 0 Å². The number of aryl methyl sites for hydroxylation is 1. The number of nitrogens with zero attached hydrogens (tertiary/aromatic N) is 5. The molecule has 1 atom stereocenters. The van der Waals surface area contributed by atoms with E-state index in [9.17, 15) is 4.79 Å². The Morgan fingerprint density at radius 2 is 1.91 bits per heavy atom. The Labute approximate surface area is 130 Å². The standard InChI is InChI=1S/C15H23N5O2/c1-12-3-4-14(17-16-12)22-13-5-6-20(11-13)15(21)19-9-7-18(2)8-10-19/h3-4,13H,5-11H2,1-2H3/t13-/m1/s1. The van der Waals surface area contributed by atoms with E-state index in [-0.39, 0.29) is 12.1 Å². The first-order valence-corrected chi connectivity index (χ1v) is 7.81. The Hall–Kier alpha value is -1.89. The van der Waals surface area contributed by atoms with Gasteiger partial charge in [0.15, 0.2) is 0 Å². The molecule has 3 rings (SSSR count). The normalized spacial score (nSPS) is 22.9. The van der Waals surface area contributed by atoms with Gasteiger partial charge in [-0.3, -0.25) is 0 Å². The molecule has 120 valence electrons. The molecule has 0 spiro atoms. The predicted molar refractivity (Wildman–Crippen MR) is 81.8 cm³/mol. The number of carbonyl (C=O) groups is 1. The highest BCUT2D eigenvalue weighted by molar-refractivity contribution is 5.75. The molecule has 1 aromatic rings. The van der Waals surface area contributed by atoms with E-state index in [0.29, 0.717) is 12.4 Å². The van der Waals surface area contributed by atoms with E-state index in [4.69, 9.17) is 4.74 Å². The summed E-state index contributed by atoms with van der Waals surface area (Å²) in [6.45, 7) is 6.76. The fraction of sp³-hybridized carbons (Fsp3) is 0.667. The minimum Gasteiger partial charge on any atom is -0.471 e. The van der Waals surface area contributed by atoms with Crippen LogP contribution in [0, 0.1) is 6.92 Å². The molecule has 2 saturated heterocycles. The van der Waals surface area contributed by atoms with Crippen LogP contribution in [0.3, 0.4) is 0 Å².